The zero-order chi connectivity index (χ0) is 7.28. The Morgan fingerprint density at radius 2 is 2.22 bits per heavy atom. The molecule has 0 amide bonds. The van der Waals surface area contributed by atoms with Crippen molar-refractivity contribution in [2.24, 2.45) is 5.92 Å². The number of halogens is 2. The van der Waals surface area contributed by atoms with Gasteiger partial charge < -0.3 is 0 Å². The van der Waals surface area contributed by atoms with Crippen LogP contribution in [0.3, 0.4) is 0 Å². The number of hydrogen-bond donors (Lipinski definition) is 0. The van der Waals surface area contributed by atoms with E-state index in [0.717, 1.165) is 18.9 Å². The van der Waals surface area contributed by atoms with Crippen LogP contribution in [0.15, 0.2) is 12.2 Å². The Kier molecular flexibility index (Phi) is 4.28. The lowest BCUT2D eigenvalue weighted by Crippen LogP contribution is -1.87. The van der Waals surface area contributed by atoms with Gasteiger partial charge in [0.2, 0.25) is 0 Å². The fraction of sp³-hybridized carbons (Fsp3) is 0.571. The van der Waals surface area contributed by atoms with Crippen LogP contribution in [-0.4, -0.2) is 0 Å². The Balaban J connectivity index is 3.49. The normalized spacial score (nSPS) is 12.9. The van der Waals surface area contributed by atoms with Gasteiger partial charge in [0.15, 0.2) is 0 Å². The predicted octanol–water partition coefficient (Wildman–Crippen LogP) is 3.02. The quantitative estimate of drug-likeness (QED) is 0.555. The third-order valence-electron chi connectivity index (χ3n) is 1.02. The highest BCUT2D eigenvalue weighted by atomic mass is 19.3. The van der Waals surface area contributed by atoms with Crippen molar-refractivity contribution in [3.8, 4) is 0 Å². The van der Waals surface area contributed by atoms with Gasteiger partial charge in [-0.1, -0.05) is 13.3 Å². The summed E-state index contributed by atoms with van der Waals surface area (Å²) in [6, 6.07) is 0. The molecule has 0 fully saturated rings. The average Bonchev–Trinajstić information content (AvgIpc) is 1.63. The van der Waals surface area contributed by atoms with Gasteiger partial charge in [-0.3, -0.25) is 0 Å². The fourth-order valence-corrected chi connectivity index (χ4v) is 0.632. The summed E-state index contributed by atoms with van der Waals surface area (Å²) in [7, 11) is 0. The van der Waals surface area contributed by atoms with E-state index in [-0.39, 0.29) is 5.92 Å². The van der Waals surface area contributed by atoms with Crippen molar-refractivity contribution >= 4 is 0 Å². The van der Waals surface area contributed by atoms with Gasteiger partial charge in [-0.05, 0) is 25.3 Å². The molecule has 9 heavy (non-hydrogen) atoms. The second-order valence-corrected chi connectivity index (χ2v) is 2.01. The third kappa shape index (κ3) is 5.47. The van der Waals surface area contributed by atoms with Gasteiger partial charge in [0.05, 0.1) is 0 Å². The Hall–Kier alpha value is -0.400. The topological polar surface area (TPSA) is 0 Å². The van der Waals surface area contributed by atoms with E-state index in [2.05, 4.69) is 6.92 Å². The van der Waals surface area contributed by atoms with E-state index in [1.54, 1.807) is 0 Å². The molecule has 0 N–H and O–H groups in total. The summed E-state index contributed by atoms with van der Waals surface area (Å²) in [4.78, 5) is 0. The Bertz CT molecular complexity index is 93.1. The summed E-state index contributed by atoms with van der Waals surface area (Å²) in [6.07, 6.45) is 0.905. The van der Waals surface area contributed by atoms with Crippen molar-refractivity contribution in [1.82, 2.24) is 0 Å². The summed E-state index contributed by atoms with van der Waals surface area (Å²) >= 11 is 0. The highest BCUT2D eigenvalue weighted by Gasteiger charge is 1.97. The maximum Gasteiger partial charge on any atom is 0.266 e. The van der Waals surface area contributed by atoms with Crippen LogP contribution in [0.1, 0.15) is 19.8 Å². The zero-order valence-corrected chi connectivity index (χ0v) is 5.53. The van der Waals surface area contributed by atoms with Crippen LogP contribution >= 0.6 is 0 Å². The second kappa shape index (κ2) is 4.48. The predicted molar refractivity (Wildman–Crippen MR) is 34.1 cm³/mol. The molecule has 0 aromatic heterocycles. The maximum atomic E-state index is 11.4. The molecule has 53 valence electrons. The van der Waals surface area contributed by atoms with Crippen molar-refractivity contribution in [3.05, 3.63) is 19.1 Å². The standard InChI is InChI=1S/C7H11F2/c1-3-4-6(2)5-7(8)9/h5-6H,2-4H2,1H3. The monoisotopic (exact) mass is 133 g/mol. The minimum Gasteiger partial charge on any atom is -0.174 e. The second-order valence-electron chi connectivity index (χ2n) is 2.01. The van der Waals surface area contributed by atoms with Crippen molar-refractivity contribution in [2.45, 2.75) is 19.8 Å². The third-order valence-corrected chi connectivity index (χ3v) is 1.02. The molecule has 1 radical (unpaired) electrons. The van der Waals surface area contributed by atoms with E-state index in [9.17, 15) is 8.78 Å². The van der Waals surface area contributed by atoms with Crippen molar-refractivity contribution < 1.29 is 8.78 Å². The van der Waals surface area contributed by atoms with Crippen LogP contribution in [0, 0.1) is 12.8 Å². The van der Waals surface area contributed by atoms with Crippen LogP contribution in [0.4, 0.5) is 8.78 Å². The van der Waals surface area contributed by atoms with Crippen LogP contribution in [0.2, 0.25) is 0 Å². The number of hydrogen-bond acceptors (Lipinski definition) is 0. The largest absolute Gasteiger partial charge is 0.266 e. The highest BCUT2D eigenvalue weighted by molar-refractivity contribution is 4.88. The van der Waals surface area contributed by atoms with Gasteiger partial charge in [0, 0.05) is 0 Å². The molecule has 1 atom stereocenters. The fourth-order valence-electron chi connectivity index (χ4n) is 0.632. The Morgan fingerprint density at radius 1 is 1.67 bits per heavy atom. The van der Waals surface area contributed by atoms with Crippen LogP contribution in [-0.2, 0) is 0 Å². The van der Waals surface area contributed by atoms with E-state index in [4.69, 9.17) is 0 Å². The number of rotatable bonds is 3. The van der Waals surface area contributed by atoms with Crippen LogP contribution in [0.25, 0.3) is 0 Å². The van der Waals surface area contributed by atoms with Crippen LogP contribution in [0.5, 0.6) is 0 Å². The number of allylic oxidation sites excluding steroid dienone is 1. The molecule has 0 aromatic carbocycles. The van der Waals surface area contributed by atoms with E-state index in [1.165, 1.54) is 0 Å². The lowest BCUT2D eigenvalue weighted by atomic mass is 10.1. The first kappa shape index (κ1) is 8.60. The lowest BCUT2D eigenvalue weighted by molar-refractivity contribution is 0.411. The van der Waals surface area contributed by atoms with Crippen molar-refractivity contribution in [1.29, 1.82) is 0 Å². The summed E-state index contributed by atoms with van der Waals surface area (Å²) in [5.41, 5.74) is 0. The van der Waals surface area contributed by atoms with E-state index >= 15 is 0 Å². The van der Waals surface area contributed by atoms with Crippen LogP contribution < -0.4 is 0 Å². The molecular weight excluding hydrogens is 122 g/mol. The summed E-state index contributed by atoms with van der Waals surface area (Å²) in [6.45, 7) is 5.46. The molecule has 2 heteroatoms. The van der Waals surface area contributed by atoms with Gasteiger partial charge in [-0.15, -0.1) is 0 Å². The van der Waals surface area contributed by atoms with Gasteiger partial charge in [0.1, 0.15) is 0 Å². The smallest absolute Gasteiger partial charge is 0.174 e. The average molecular weight is 133 g/mol. The molecule has 1 unspecified atom stereocenters. The van der Waals surface area contributed by atoms with E-state index < -0.39 is 6.08 Å². The molecule has 0 heterocycles. The zero-order valence-electron chi connectivity index (χ0n) is 5.53. The minimum atomic E-state index is -1.62. The molecule has 0 saturated heterocycles. The molecular formula is C7H11F2. The van der Waals surface area contributed by atoms with Gasteiger partial charge in [-0.25, -0.2) is 0 Å². The van der Waals surface area contributed by atoms with Crippen molar-refractivity contribution in [2.75, 3.05) is 0 Å². The molecule has 0 saturated carbocycles. The lowest BCUT2D eigenvalue weighted by Gasteiger charge is -1.99. The van der Waals surface area contributed by atoms with Crippen molar-refractivity contribution in [3.63, 3.8) is 0 Å². The molecule has 0 aliphatic carbocycles. The van der Waals surface area contributed by atoms with Gasteiger partial charge in [0.25, 0.3) is 6.08 Å². The molecule has 0 aliphatic rings. The van der Waals surface area contributed by atoms with Gasteiger partial charge in [-0.2, -0.15) is 8.78 Å². The molecule has 0 nitrogen and oxygen atoms in total. The first-order valence-corrected chi connectivity index (χ1v) is 3.02. The Morgan fingerprint density at radius 3 is 2.56 bits per heavy atom. The minimum absolute atomic E-state index is 0.222. The highest BCUT2D eigenvalue weighted by Crippen LogP contribution is 2.10. The summed E-state index contributed by atoms with van der Waals surface area (Å²) < 4.78 is 22.9. The molecule has 0 bridgehead atoms. The molecule has 0 aliphatic heterocycles. The summed E-state index contributed by atoms with van der Waals surface area (Å²) in [5, 5.41) is 0. The molecule has 0 rings (SSSR count). The first-order chi connectivity index (χ1) is 4.16. The van der Waals surface area contributed by atoms with E-state index in [0.29, 0.717) is 0 Å². The summed E-state index contributed by atoms with van der Waals surface area (Å²) in [5.74, 6) is -0.222. The van der Waals surface area contributed by atoms with Gasteiger partial charge >= 0.3 is 0 Å². The Labute approximate surface area is 54.6 Å². The SMILES string of the molecule is [CH2]C(C=C(F)F)CCC. The molecule has 0 spiro atoms. The molecule has 0 aromatic rings. The van der Waals surface area contributed by atoms with E-state index in [1.807, 2.05) is 6.92 Å². The first-order valence-electron chi connectivity index (χ1n) is 3.02. The maximum absolute atomic E-state index is 11.4.